The van der Waals surface area contributed by atoms with Gasteiger partial charge in [0.05, 0.1) is 38.3 Å². The molecule has 0 saturated carbocycles. The van der Waals surface area contributed by atoms with Crippen molar-refractivity contribution in [2.24, 2.45) is 39.4 Å². The number of primary amides is 3. The molecule has 27 nitrogen and oxygen atoms in total. The average Bonchev–Trinajstić information content (AvgIpc) is 3.59. The Morgan fingerprint density at radius 1 is 0.649 bits per heavy atom. The highest BCUT2D eigenvalue weighted by Crippen LogP contribution is 2.20. The van der Waals surface area contributed by atoms with Gasteiger partial charge in [0.1, 0.15) is 36.3 Å². The fourth-order valence-electron chi connectivity index (χ4n) is 5.33. The lowest BCUT2D eigenvalue weighted by atomic mass is 10.1. The molecule has 0 spiro atoms. The highest BCUT2D eigenvalue weighted by atomic mass is 16.4. The topological polar surface area (TPSA) is 480 Å². The third-order valence-electron chi connectivity index (χ3n) is 8.04. The van der Waals surface area contributed by atoms with Gasteiger partial charge in [-0.05, 0) is 25.7 Å². The van der Waals surface area contributed by atoms with Crippen LogP contribution >= 0.6 is 0 Å². The third kappa shape index (κ3) is 17.1. The Kier molecular flexibility index (Phi) is 19.8. The minimum absolute atomic E-state index is 0.0211. The summed E-state index contributed by atoms with van der Waals surface area (Å²) in [7, 11) is 0. The van der Waals surface area contributed by atoms with Crippen molar-refractivity contribution in [3.63, 3.8) is 0 Å². The number of nitrogens with zero attached hydrogens (tertiary/aromatic N) is 2. The number of aliphatic carboxylic acids is 2. The standard InChI is InChI=1S/C30H49N13O14/c31-12(7-22(48)49)23(50)39-14(8-19(32)45)25(52)41-16(10-21(34)47)26(53)40-15(9-20(33)46)24(51)38-13(3-1-5-37-30(35)36)28(55)43-6-2-4-18(43)27(54)42-17(11-44)29(56)57/h12-18,44H,1-11,31H2,(H2,32,45)(H2,33,46)(H2,34,47)(H,38,51)(H,39,50)(H,40,53)(H,41,52)(H,42,54)(H,48,49)(H,56,57)(H4,35,36,37)/t12-,13-,14-,15-,16-,17-,18-/m0/s1. The van der Waals surface area contributed by atoms with Crippen LogP contribution in [0.25, 0.3) is 0 Å². The van der Waals surface area contributed by atoms with Crippen LogP contribution in [0.1, 0.15) is 51.4 Å². The van der Waals surface area contributed by atoms with Crippen molar-refractivity contribution in [3.05, 3.63) is 0 Å². The Morgan fingerprint density at radius 2 is 1.11 bits per heavy atom. The first-order chi connectivity index (χ1) is 26.6. The van der Waals surface area contributed by atoms with Crippen molar-refractivity contribution >= 4 is 71.1 Å². The number of carbonyl (C=O) groups excluding carboxylic acids is 9. The number of guanidine groups is 1. The Hall–Kier alpha value is -6.64. The zero-order valence-electron chi connectivity index (χ0n) is 30.5. The number of nitrogens with two attached hydrogens (primary N) is 6. The van der Waals surface area contributed by atoms with Crippen molar-refractivity contribution in [3.8, 4) is 0 Å². The van der Waals surface area contributed by atoms with Gasteiger partial charge in [0.2, 0.25) is 53.2 Å². The van der Waals surface area contributed by atoms with Crippen molar-refractivity contribution in [2.75, 3.05) is 19.7 Å². The van der Waals surface area contributed by atoms with E-state index in [4.69, 9.17) is 39.5 Å². The largest absolute Gasteiger partial charge is 0.481 e. The normalized spacial score (nSPS) is 16.5. The van der Waals surface area contributed by atoms with E-state index in [0.717, 1.165) is 4.90 Å². The first-order valence-corrected chi connectivity index (χ1v) is 17.1. The van der Waals surface area contributed by atoms with Gasteiger partial charge < -0.3 is 81.2 Å². The molecule has 27 heteroatoms. The van der Waals surface area contributed by atoms with Crippen molar-refractivity contribution in [2.45, 2.75) is 93.7 Å². The maximum Gasteiger partial charge on any atom is 0.328 e. The van der Waals surface area contributed by atoms with E-state index < -0.39 is 140 Å². The first kappa shape index (κ1) is 48.4. The van der Waals surface area contributed by atoms with Gasteiger partial charge in [-0.15, -0.1) is 0 Å². The average molecular weight is 816 g/mol. The molecule has 0 unspecified atom stereocenters. The van der Waals surface area contributed by atoms with Gasteiger partial charge >= 0.3 is 11.9 Å². The van der Waals surface area contributed by atoms with Gasteiger partial charge in [-0.1, -0.05) is 0 Å². The van der Waals surface area contributed by atoms with Gasteiger partial charge in [0, 0.05) is 13.1 Å². The highest BCUT2D eigenvalue weighted by molar-refractivity contribution is 6.00. The summed E-state index contributed by atoms with van der Waals surface area (Å²) < 4.78 is 0. The van der Waals surface area contributed by atoms with Gasteiger partial charge in [-0.2, -0.15) is 0 Å². The molecule has 318 valence electrons. The molecule has 0 aromatic heterocycles. The van der Waals surface area contributed by atoms with E-state index in [9.17, 15) is 63.0 Å². The number of carboxylic acids is 2. The molecule has 0 aromatic rings. The highest BCUT2D eigenvalue weighted by Gasteiger charge is 2.40. The molecular formula is C30H49N13O14. The predicted octanol–water partition coefficient (Wildman–Crippen LogP) is -9.04. The van der Waals surface area contributed by atoms with Crippen LogP contribution in [0.5, 0.6) is 0 Å². The summed E-state index contributed by atoms with van der Waals surface area (Å²) in [5.74, 6) is -13.6. The summed E-state index contributed by atoms with van der Waals surface area (Å²) >= 11 is 0. The number of aliphatic hydroxyl groups excluding tert-OH is 1. The SMILES string of the molecule is NC(=O)C[C@H](NC(=O)[C@H](CC(N)=O)NC(=O)[C@@H](N)CC(=O)O)C(=O)N[C@@H](CC(N)=O)C(=O)N[C@@H](CCCN=C(N)N)C(=O)N1CCC[C@H]1C(=O)N[C@@H](CO)C(=O)O. The van der Waals surface area contributed by atoms with Crippen LogP contribution in [0.15, 0.2) is 4.99 Å². The van der Waals surface area contributed by atoms with Crippen molar-refractivity contribution in [1.29, 1.82) is 0 Å². The molecule has 1 heterocycles. The molecule has 57 heavy (non-hydrogen) atoms. The van der Waals surface area contributed by atoms with Gasteiger partial charge in [0.25, 0.3) is 0 Å². The summed E-state index contributed by atoms with van der Waals surface area (Å²) in [6.45, 7) is -1.01. The number of likely N-dealkylation sites (tertiary alicyclic amines) is 1. The molecule has 0 bridgehead atoms. The molecule has 1 aliphatic rings. The second kappa shape index (κ2) is 23.3. The van der Waals surface area contributed by atoms with Crippen LogP contribution in [-0.2, 0) is 52.7 Å². The Morgan fingerprint density at radius 3 is 1.51 bits per heavy atom. The molecule has 1 fully saturated rings. The minimum Gasteiger partial charge on any atom is -0.481 e. The number of rotatable bonds is 25. The second-order valence-electron chi connectivity index (χ2n) is 12.7. The van der Waals surface area contributed by atoms with E-state index in [-0.39, 0.29) is 44.7 Å². The maximum atomic E-state index is 13.8. The van der Waals surface area contributed by atoms with E-state index in [0.29, 0.717) is 0 Å². The van der Waals surface area contributed by atoms with Crippen LogP contribution < -0.4 is 61.0 Å². The number of nitrogens with one attached hydrogen (secondary N) is 5. The number of aliphatic imine (C=N–C) groups is 1. The summed E-state index contributed by atoms with van der Waals surface area (Å²) in [5, 5.41) is 38.1. The van der Waals surface area contributed by atoms with Crippen LogP contribution in [0.2, 0.25) is 0 Å². The molecule has 0 aliphatic carbocycles. The molecule has 1 rings (SSSR count). The smallest absolute Gasteiger partial charge is 0.328 e. The number of aliphatic hydroxyl groups is 1. The van der Waals surface area contributed by atoms with Gasteiger partial charge in [-0.25, -0.2) is 4.79 Å². The van der Waals surface area contributed by atoms with Crippen LogP contribution in [-0.4, -0.2) is 153 Å². The van der Waals surface area contributed by atoms with Crippen LogP contribution in [0.3, 0.4) is 0 Å². The molecule has 0 aromatic carbocycles. The van der Waals surface area contributed by atoms with Crippen molar-refractivity contribution in [1.82, 2.24) is 31.5 Å². The summed E-state index contributed by atoms with van der Waals surface area (Å²) in [6.07, 6.45) is -3.43. The summed E-state index contributed by atoms with van der Waals surface area (Å²) in [5.41, 5.74) is 31.9. The zero-order valence-corrected chi connectivity index (χ0v) is 30.5. The number of hydrogen-bond acceptors (Lipinski definition) is 14. The quantitative estimate of drug-likeness (QED) is 0.0231. The maximum absolute atomic E-state index is 13.8. The Balaban J connectivity index is 3.38. The number of hydrogen-bond donors (Lipinski definition) is 14. The third-order valence-corrected chi connectivity index (χ3v) is 8.04. The Labute approximate surface area is 323 Å². The van der Waals surface area contributed by atoms with Crippen LogP contribution in [0, 0.1) is 0 Å². The lowest BCUT2D eigenvalue weighted by molar-refractivity contribution is -0.145. The fraction of sp³-hybridized carbons (Fsp3) is 0.600. The summed E-state index contributed by atoms with van der Waals surface area (Å²) in [6, 6.07) is -11.8. The first-order valence-electron chi connectivity index (χ1n) is 17.1. The molecule has 7 atom stereocenters. The minimum atomic E-state index is -1.95. The van der Waals surface area contributed by atoms with E-state index in [1.54, 1.807) is 0 Å². The molecule has 0 radical (unpaired) electrons. The lowest BCUT2D eigenvalue weighted by Gasteiger charge is -2.30. The number of carboxylic acid groups (broad SMARTS) is 2. The van der Waals surface area contributed by atoms with Gasteiger partial charge in [-0.3, -0.25) is 52.9 Å². The predicted molar refractivity (Wildman–Crippen MR) is 191 cm³/mol. The van der Waals surface area contributed by atoms with Crippen LogP contribution in [0.4, 0.5) is 0 Å². The zero-order chi connectivity index (χ0) is 43.6. The van der Waals surface area contributed by atoms with E-state index in [1.807, 2.05) is 5.32 Å². The monoisotopic (exact) mass is 815 g/mol. The summed E-state index contributed by atoms with van der Waals surface area (Å²) in [4.78, 5) is 142. The van der Waals surface area contributed by atoms with E-state index in [2.05, 4.69) is 26.3 Å². The number of carbonyl (C=O) groups is 11. The lowest BCUT2D eigenvalue weighted by Crippen LogP contribution is -2.60. The molecule has 1 aliphatic heterocycles. The fourth-order valence-corrected chi connectivity index (χ4v) is 5.33. The number of amides is 9. The Bertz CT molecular complexity index is 1590. The molecular weight excluding hydrogens is 766 g/mol. The van der Waals surface area contributed by atoms with E-state index in [1.165, 1.54) is 0 Å². The van der Waals surface area contributed by atoms with Crippen molar-refractivity contribution < 1.29 is 68.1 Å². The van der Waals surface area contributed by atoms with Gasteiger partial charge in [0.15, 0.2) is 5.96 Å². The molecule has 1 saturated heterocycles. The second-order valence-corrected chi connectivity index (χ2v) is 12.7. The molecule has 9 amide bonds. The van der Waals surface area contributed by atoms with E-state index >= 15 is 0 Å². The molecule has 20 N–H and O–H groups in total.